The maximum atomic E-state index is 5.93. The van der Waals surface area contributed by atoms with Crippen molar-refractivity contribution >= 4 is 44.5 Å². The molecule has 0 fully saturated rings. The van der Waals surface area contributed by atoms with E-state index in [1.807, 2.05) is 36.4 Å². The Balaban J connectivity index is 2.00. The molecule has 19 heavy (non-hydrogen) atoms. The zero-order valence-corrected chi connectivity index (χ0v) is 12.1. The monoisotopic (exact) mass is 332 g/mol. The minimum Gasteiger partial charge on any atom is -0.381 e. The van der Waals surface area contributed by atoms with Crippen molar-refractivity contribution in [1.82, 2.24) is 15.0 Å². The van der Waals surface area contributed by atoms with Gasteiger partial charge < -0.3 is 5.73 Å². The van der Waals surface area contributed by atoms with Crippen LogP contribution in [0.4, 0.5) is 5.82 Å². The summed E-state index contributed by atoms with van der Waals surface area (Å²) in [7, 11) is 0. The number of para-hydroxylation sites is 2. The molecule has 0 amide bonds. The van der Waals surface area contributed by atoms with Crippen LogP contribution in [0.1, 0.15) is 0 Å². The fourth-order valence-electron chi connectivity index (χ4n) is 1.59. The molecule has 0 aliphatic carbocycles. The molecule has 3 rings (SSSR count). The second-order valence-electron chi connectivity index (χ2n) is 3.82. The van der Waals surface area contributed by atoms with Crippen molar-refractivity contribution in [2.45, 2.75) is 10.1 Å². The summed E-state index contributed by atoms with van der Waals surface area (Å²) in [4.78, 5) is 13.2. The molecule has 94 valence electrons. The van der Waals surface area contributed by atoms with Crippen LogP contribution in [0.25, 0.3) is 11.0 Å². The molecule has 3 aromatic rings. The van der Waals surface area contributed by atoms with Crippen LogP contribution in [0.15, 0.2) is 57.1 Å². The maximum absolute atomic E-state index is 5.93. The van der Waals surface area contributed by atoms with Crippen LogP contribution in [-0.4, -0.2) is 15.0 Å². The summed E-state index contributed by atoms with van der Waals surface area (Å²) in [6, 6.07) is 11.5. The molecule has 0 aliphatic rings. The number of hydrogen-bond donors (Lipinski definition) is 1. The topological polar surface area (TPSA) is 64.7 Å². The summed E-state index contributed by atoms with van der Waals surface area (Å²) in [5.41, 5.74) is 7.56. The van der Waals surface area contributed by atoms with Gasteiger partial charge in [-0.05, 0) is 52.0 Å². The summed E-state index contributed by atoms with van der Waals surface area (Å²) in [6.07, 6.45) is 1.74. The lowest BCUT2D eigenvalue weighted by Gasteiger charge is -2.05. The van der Waals surface area contributed by atoms with Crippen LogP contribution in [0, 0.1) is 0 Å². The summed E-state index contributed by atoms with van der Waals surface area (Å²) >= 11 is 4.76. The lowest BCUT2D eigenvalue weighted by atomic mass is 10.3. The molecule has 0 unspecified atom stereocenters. The number of nitrogen functional groups attached to an aromatic ring is 1. The highest BCUT2D eigenvalue weighted by Gasteiger charge is 2.08. The second kappa shape index (κ2) is 5.14. The van der Waals surface area contributed by atoms with Crippen LogP contribution in [0.2, 0.25) is 0 Å². The Bertz CT molecular complexity index is 730. The molecule has 2 aromatic heterocycles. The summed E-state index contributed by atoms with van der Waals surface area (Å²) in [5, 5.41) is 1.51. The van der Waals surface area contributed by atoms with E-state index in [9.17, 15) is 0 Å². The second-order valence-corrected chi connectivity index (χ2v) is 5.74. The third kappa shape index (κ3) is 2.69. The lowest BCUT2D eigenvalue weighted by Crippen LogP contribution is -1.97. The first-order valence-corrected chi connectivity index (χ1v) is 7.15. The van der Waals surface area contributed by atoms with Crippen molar-refractivity contribution < 1.29 is 0 Å². The highest BCUT2D eigenvalue weighted by molar-refractivity contribution is 9.10. The Hall–Kier alpha value is -1.66. The number of aromatic nitrogens is 3. The average Bonchev–Trinajstić information content (AvgIpc) is 2.42. The van der Waals surface area contributed by atoms with Crippen LogP contribution in [-0.2, 0) is 0 Å². The predicted molar refractivity (Wildman–Crippen MR) is 80.0 cm³/mol. The lowest BCUT2D eigenvalue weighted by molar-refractivity contribution is 1.09. The van der Waals surface area contributed by atoms with Crippen molar-refractivity contribution in [3.63, 3.8) is 0 Å². The summed E-state index contributed by atoms with van der Waals surface area (Å²) < 4.78 is 0.939. The van der Waals surface area contributed by atoms with E-state index in [1.54, 1.807) is 6.20 Å². The fraction of sp³-hybridized carbons (Fsp3) is 0. The Labute approximate surface area is 122 Å². The van der Waals surface area contributed by atoms with E-state index < -0.39 is 0 Å². The number of rotatable bonds is 2. The van der Waals surface area contributed by atoms with Crippen molar-refractivity contribution in [3.8, 4) is 0 Å². The van der Waals surface area contributed by atoms with E-state index in [0.717, 1.165) is 20.5 Å². The van der Waals surface area contributed by atoms with Crippen LogP contribution < -0.4 is 5.73 Å². The minimum atomic E-state index is 0.424. The number of nitrogens with two attached hydrogens (primary N) is 1. The van der Waals surface area contributed by atoms with Gasteiger partial charge in [0.25, 0.3) is 0 Å². The zero-order valence-electron chi connectivity index (χ0n) is 9.75. The molecule has 6 heteroatoms. The van der Waals surface area contributed by atoms with Gasteiger partial charge >= 0.3 is 0 Å². The largest absolute Gasteiger partial charge is 0.381 e. The van der Waals surface area contributed by atoms with Crippen molar-refractivity contribution in [2.75, 3.05) is 5.73 Å². The van der Waals surface area contributed by atoms with Crippen molar-refractivity contribution in [2.24, 2.45) is 0 Å². The molecule has 0 atom stereocenters. The number of halogens is 1. The van der Waals surface area contributed by atoms with Gasteiger partial charge in [-0.25, -0.2) is 15.0 Å². The molecule has 0 saturated carbocycles. The average molecular weight is 333 g/mol. The van der Waals surface area contributed by atoms with E-state index in [1.165, 1.54) is 11.8 Å². The highest BCUT2D eigenvalue weighted by Crippen LogP contribution is 2.29. The van der Waals surface area contributed by atoms with Gasteiger partial charge in [0, 0.05) is 10.7 Å². The molecule has 2 N–H and O–H groups in total. The highest BCUT2D eigenvalue weighted by atomic mass is 79.9. The molecule has 0 spiro atoms. The summed E-state index contributed by atoms with van der Waals surface area (Å²) in [5.74, 6) is 0.424. The first-order valence-electron chi connectivity index (χ1n) is 5.54. The van der Waals surface area contributed by atoms with Crippen LogP contribution in [0.3, 0.4) is 0 Å². The Kier molecular flexibility index (Phi) is 3.35. The van der Waals surface area contributed by atoms with Gasteiger partial charge in [-0.2, -0.15) is 0 Å². The molecule has 0 bridgehead atoms. The number of nitrogens with zero attached hydrogens (tertiary/aromatic N) is 3. The molecule has 0 radical (unpaired) electrons. The molecule has 0 aliphatic heterocycles. The van der Waals surface area contributed by atoms with Gasteiger partial charge in [0.1, 0.15) is 10.1 Å². The number of benzene rings is 1. The zero-order chi connectivity index (χ0) is 13.2. The van der Waals surface area contributed by atoms with Gasteiger partial charge in [-0.3, -0.25) is 0 Å². The standard InChI is InChI=1S/C13H9BrN4S/c14-8-5-6-11(16-7-8)19-13-12(15)17-9-3-1-2-4-10(9)18-13/h1-7H,(H2,15,17). The number of pyridine rings is 1. The van der Waals surface area contributed by atoms with Crippen LogP contribution in [0.5, 0.6) is 0 Å². The Morgan fingerprint density at radius 1 is 1.00 bits per heavy atom. The molecular formula is C13H9BrN4S. The SMILES string of the molecule is Nc1nc2ccccc2nc1Sc1ccc(Br)cn1. The normalized spacial score (nSPS) is 10.8. The molecule has 2 heterocycles. The van der Waals surface area contributed by atoms with Gasteiger partial charge in [0.15, 0.2) is 5.82 Å². The van der Waals surface area contributed by atoms with Gasteiger partial charge in [0.2, 0.25) is 0 Å². The van der Waals surface area contributed by atoms with Crippen molar-refractivity contribution in [1.29, 1.82) is 0 Å². The molecular weight excluding hydrogens is 324 g/mol. The Morgan fingerprint density at radius 2 is 1.74 bits per heavy atom. The predicted octanol–water partition coefficient (Wildman–Crippen LogP) is 3.52. The molecule has 0 saturated heterocycles. The van der Waals surface area contributed by atoms with E-state index in [-0.39, 0.29) is 0 Å². The smallest absolute Gasteiger partial charge is 0.157 e. The minimum absolute atomic E-state index is 0.424. The number of hydrogen-bond acceptors (Lipinski definition) is 5. The number of fused-ring (bicyclic) bond motifs is 1. The maximum Gasteiger partial charge on any atom is 0.157 e. The van der Waals surface area contributed by atoms with Gasteiger partial charge in [-0.15, -0.1) is 0 Å². The van der Waals surface area contributed by atoms with Crippen molar-refractivity contribution in [3.05, 3.63) is 47.1 Å². The summed E-state index contributed by atoms with van der Waals surface area (Å²) in [6.45, 7) is 0. The molecule has 1 aromatic carbocycles. The van der Waals surface area contributed by atoms with Crippen LogP contribution >= 0.6 is 27.7 Å². The van der Waals surface area contributed by atoms with E-state index in [0.29, 0.717) is 10.8 Å². The first kappa shape index (κ1) is 12.4. The van der Waals surface area contributed by atoms with E-state index >= 15 is 0 Å². The van der Waals surface area contributed by atoms with Gasteiger partial charge in [0.05, 0.1) is 11.0 Å². The molecule has 4 nitrogen and oxygen atoms in total. The third-order valence-corrected chi connectivity index (χ3v) is 3.88. The first-order chi connectivity index (χ1) is 9.22. The third-order valence-electron chi connectivity index (χ3n) is 2.47. The van der Waals surface area contributed by atoms with E-state index in [2.05, 4.69) is 30.9 Å². The fourth-order valence-corrected chi connectivity index (χ4v) is 2.56. The van der Waals surface area contributed by atoms with E-state index in [4.69, 9.17) is 5.73 Å². The Morgan fingerprint density at radius 3 is 2.42 bits per heavy atom. The van der Waals surface area contributed by atoms with Gasteiger partial charge in [-0.1, -0.05) is 12.1 Å². The quantitative estimate of drug-likeness (QED) is 0.777. The number of anilines is 1.